The Bertz CT molecular complexity index is 2360. The van der Waals surface area contributed by atoms with Crippen LogP contribution in [-0.4, -0.2) is 0 Å². The van der Waals surface area contributed by atoms with Gasteiger partial charge in [-0.3, -0.25) is 0 Å². The standard InChI is InChI=1S/C49H36/c1-3-11-34(12-4-1)36-15-7-17-38(25-36)39-18-9-21-42(27-39)48-31-47(41-20-8-16-37(26-41)35-13-5-2-6-14-35)32-49(33-48)43-22-10-19-40(28-43)44-23-24-45-30-46(45)29-44/h1-29,31-33,45-46H,30H2. The van der Waals surface area contributed by atoms with E-state index in [9.17, 15) is 0 Å². The van der Waals surface area contributed by atoms with E-state index in [2.05, 4.69) is 194 Å². The molecule has 0 heterocycles. The summed E-state index contributed by atoms with van der Waals surface area (Å²) in [6.07, 6.45) is 8.48. The lowest BCUT2D eigenvalue weighted by Crippen LogP contribution is -1.91. The average Bonchev–Trinajstić information content (AvgIpc) is 3.98. The Balaban J connectivity index is 1.15. The SMILES string of the molecule is C1=CC2CC2C=C1c1cccc(-c2cc(-c3cccc(-c4ccccc4)c3)cc(-c3cccc(-c4cccc(-c5ccccc5)c4)c3)c2)c1. The van der Waals surface area contributed by atoms with E-state index in [1.165, 1.54) is 84.3 Å². The zero-order valence-corrected chi connectivity index (χ0v) is 27.3. The Morgan fingerprint density at radius 3 is 1.04 bits per heavy atom. The van der Waals surface area contributed by atoms with Crippen LogP contribution in [-0.2, 0) is 0 Å². The van der Waals surface area contributed by atoms with Crippen LogP contribution in [0.5, 0.6) is 0 Å². The molecular formula is C49H36. The molecule has 0 amide bonds. The van der Waals surface area contributed by atoms with Gasteiger partial charge in [0.25, 0.3) is 0 Å². The third-order valence-corrected chi connectivity index (χ3v) is 10.1. The van der Waals surface area contributed by atoms with Crippen molar-refractivity contribution in [3.8, 4) is 66.8 Å². The molecule has 232 valence electrons. The summed E-state index contributed by atoms with van der Waals surface area (Å²) in [5.41, 5.74) is 17.3. The number of hydrogen-bond donors (Lipinski definition) is 0. The van der Waals surface area contributed by atoms with Gasteiger partial charge in [-0.1, -0.05) is 152 Å². The maximum atomic E-state index is 2.47. The molecule has 1 saturated carbocycles. The topological polar surface area (TPSA) is 0 Å². The maximum absolute atomic E-state index is 2.47. The van der Waals surface area contributed by atoms with Crippen LogP contribution in [0.15, 0.2) is 194 Å². The lowest BCUT2D eigenvalue weighted by Gasteiger charge is -2.14. The van der Waals surface area contributed by atoms with Gasteiger partial charge < -0.3 is 0 Å². The Morgan fingerprint density at radius 1 is 0.286 bits per heavy atom. The molecule has 0 heteroatoms. The van der Waals surface area contributed by atoms with E-state index in [1.807, 2.05) is 0 Å². The Morgan fingerprint density at radius 2 is 0.612 bits per heavy atom. The van der Waals surface area contributed by atoms with Gasteiger partial charge in [-0.2, -0.15) is 0 Å². The smallest absolute Gasteiger partial charge is 0.0155 e. The van der Waals surface area contributed by atoms with Crippen molar-refractivity contribution in [3.05, 3.63) is 200 Å². The van der Waals surface area contributed by atoms with Gasteiger partial charge in [0.05, 0.1) is 0 Å². The molecule has 2 aliphatic carbocycles. The van der Waals surface area contributed by atoms with Crippen LogP contribution < -0.4 is 0 Å². The van der Waals surface area contributed by atoms with Crippen LogP contribution in [0.4, 0.5) is 0 Å². The summed E-state index contributed by atoms with van der Waals surface area (Å²) in [4.78, 5) is 0. The summed E-state index contributed by atoms with van der Waals surface area (Å²) in [5.74, 6) is 1.48. The lowest BCUT2D eigenvalue weighted by molar-refractivity contribution is 0.985. The van der Waals surface area contributed by atoms with Crippen LogP contribution in [0.1, 0.15) is 12.0 Å². The van der Waals surface area contributed by atoms with Crippen molar-refractivity contribution >= 4 is 5.57 Å². The van der Waals surface area contributed by atoms with E-state index in [0.29, 0.717) is 0 Å². The van der Waals surface area contributed by atoms with Gasteiger partial charge in [0.15, 0.2) is 0 Å². The molecule has 0 nitrogen and oxygen atoms in total. The molecule has 2 unspecified atom stereocenters. The van der Waals surface area contributed by atoms with Gasteiger partial charge in [0, 0.05) is 0 Å². The van der Waals surface area contributed by atoms with Crippen molar-refractivity contribution in [2.75, 3.05) is 0 Å². The monoisotopic (exact) mass is 624 g/mol. The molecule has 2 aliphatic rings. The molecule has 0 saturated heterocycles. The molecule has 0 radical (unpaired) electrons. The van der Waals surface area contributed by atoms with Gasteiger partial charge in [0.2, 0.25) is 0 Å². The highest BCUT2D eigenvalue weighted by Gasteiger charge is 2.35. The summed E-state index contributed by atoms with van der Waals surface area (Å²) in [7, 11) is 0. The fraction of sp³-hybridized carbons (Fsp3) is 0.0612. The average molecular weight is 625 g/mol. The first kappa shape index (κ1) is 29.2. The fourth-order valence-corrected chi connectivity index (χ4v) is 7.26. The third kappa shape index (κ3) is 6.10. The molecular weight excluding hydrogens is 589 g/mol. The van der Waals surface area contributed by atoms with Crippen molar-refractivity contribution in [3.63, 3.8) is 0 Å². The first-order valence-corrected chi connectivity index (χ1v) is 17.3. The first-order valence-electron chi connectivity index (χ1n) is 17.3. The van der Waals surface area contributed by atoms with Crippen LogP contribution in [0.2, 0.25) is 0 Å². The molecule has 0 spiro atoms. The normalized spacial score (nSPS) is 16.1. The van der Waals surface area contributed by atoms with Crippen molar-refractivity contribution in [1.82, 2.24) is 0 Å². The fourth-order valence-electron chi connectivity index (χ4n) is 7.26. The number of rotatable bonds is 7. The molecule has 7 aromatic rings. The molecule has 49 heavy (non-hydrogen) atoms. The summed E-state index contributed by atoms with van der Waals surface area (Å²) in [6.45, 7) is 0. The van der Waals surface area contributed by atoms with Gasteiger partial charge >= 0.3 is 0 Å². The summed E-state index contributed by atoms with van der Waals surface area (Å²) in [6, 6.07) is 64.3. The molecule has 0 bridgehead atoms. The first-order chi connectivity index (χ1) is 24.2. The van der Waals surface area contributed by atoms with E-state index in [1.54, 1.807) is 0 Å². The molecule has 0 N–H and O–H groups in total. The largest absolute Gasteiger partial charge is 0.0802 e. The van der Waals surface area contributed by atoms with Crippen LogP contribution in [0.25, 0.3) is 72.3 Å². The van der Waals surface area contributed by atoms with Crippen molar-refractivity contribution < 1.29 is 0 Å². The van der Waals surface area contributed by atoms with Gasteiger partial charge in [-0.05, 0) is 139 Å². The molecule has 0 aromatic heterocycles. The van der Waals surface area contributed by atoms with Crippen LogP contribution in [0, 0.1) is 11.8 Å². The Kier molecular flexibility index (Phi) is 7.48. The predicted molar refractivity (Wildman–Crippen MR) is 208 cm³/mol. The van der Waals surface area contributed by atoms with Gasteiger partial charge in [-0.15, -0.1) is 0 Å². The van der Waals surface area contributed by atoms with Crippen molar-refractivity contribution in [2.45, 2.75) is 6.42 Å². The van der Waals surface area contributed by atoms with E-state index in [4.69, 9.17) is 0 Å². The number of hydrogen-bond acceptors (Lipinski definition) is 0. The second kappa shape index (κ2) is 12.6. The van der Waals surface area contributed by atoms with E-state index < -0.39 is 0 Å². The summed E-state index contributed by atoms with van der Waals surface area (Å²) < 4.78 is 0. The third-order valence-electron chi connectivity index (χ3n) is 10.1. The zero-order valence-electron chi connectivity index (χ0n) is 27.3. The minimum absolute atomic E-state index is 0.719. The van der Waals surface area contributed by atoms with Crippen molar-refractivity contribution in [1.29, 1.82) is 0 Å². The number of benzene rings is 7. The zero-order chi connectivity index (χ0) is 32.6. The molecule has 9 rings (SSSR count). The molecule has 7 aromatic carbocycles. The second-order valence-electron chi connectivity index (χ2n) is 13.4. The van der Waals surface area contributed by atoms with E-state index in [-0.39, 0.29) is 0 Å². The minimum atomic E-state index is 0.719. The van der Waals surface area contributed by atoms with Gasteiger partial charge in [0.1, 0.15) is 0 Å². The minimum Gasteiger partial charge on any atom is -0.0802 e. The van der Waals surface area contributed by atoms with Gasteiger partial charge in [-0.25, -0.2) is 0 Å². The van der Waals surface area contributed by atoms with Crippen molar-refractivity contribution in [2.24, 2.45) is 11.8 Å². The molecule has 0 aliphatic heterocycles. The Hall–Kier alpha value is -5.98. The highest BCUT2D eigenvalue weighted by molar-refractivity contribution is 5.86. The molecule has 2 atom stereocenters. The Labute approximate surface area is 289 Å². The quantitative estimate of drug-likeness (QED) is 0.165. The maximum Gasteiger partial charge on any atom is -0.0155 e. The van der Waals surface area contributed by atoms with Crippen LogP contribution >= 0.6 is 0 Å². The number of allylic oxidation sites excluding steroid dienone is 4. The predicted octanol–water partition coefficient (Wildman–Crippen LogP) is 13.3. The highest BCUT2D eigenvalue weighted by Crippen LogP contribution is 2.46. The van der Waals surface area contributed by atoms with E-state index >= 15 is 0 Å². The highest BCUT2D eigenvalue weighted by atomic mass is 14.4. The summed E-state index contributed by atoms with van der Waals surface area (Å²) >= 11 is 0. The molecule has 1 fully saturated rings. The van der Waals surface area contributed by atoms with E-state index in [0.717, 1.165) is 11.8 Å². The summed E-state index contributed by atoms with van der Waals surface area (Å²) in [5, 5.41) is 0. The number of fused-ring (bicyclic) bond motifs is 1. The lowest BCUT2D eigenvalue weighted by atomic mass is 9.90. The second-order valence-corrected chi connectivity index (χ2v) is 13.4. The van der Waals surface area contributed by atoms with Crippen LogP contribution in [0.3, 0.4) is 0 Å².